The highest BCUT2D eigenvalue weighted by molar-refractivity contribution is 5.95. The van der Waals surface area contributed by atoms with Gasteiger partial charge in [0.1, 0.15) is 30.3 Å². The minimum Gasteiger partial charge on any atom is -0.460 e. The van der Waals surface area contributed by atoms with Crippen LogP contribution in [0.5, 0.6) is 0 Å². The zero-order valence-electron chi connectivity index (χ0n) is 30.5. The molecule has 0 saturated carbocycles. The summed E-state index contributed by atoms with van der Waals surface area (Å²) in [6, 6.07) is -3.99. The van der Waals surface area contributed by atoms with E-state index in [-0.39, 0.29) is 30.2 Å². The molecule has 0 aromatic heterocycles. The van der Waals surface area contributed by atoms with E-state index < -0.39 is 65.8 Å². The fourth-order valence-electron chi connectivity index (χ4n) is 5.52. The maximum atomic E-state index is 13.3. The molecule has 47 heavy (non-hydrogen) atoms. The monoisotopic (exact) mass is 665 g/mol. The van der Waals surface area contributed by atoms with Gasteiger partial charge in [0.15, 0.2) is 0 Å². The molecule has 0 radical (unpaired) electrons. The highest BCUT2D eigenvalue weighted by atomic mass is 16.5. The summed E-state index contributed by atoms with van der Waals surface area (Å²) < 4.78 is 5.74. The standard InChI is InChI=1S/C35H63N5O7/c1-21(2)14-11-12-16-35(9,10)17-13-15-26-19-28(41)36-20-29(42)40-30(23(5)6)33(45)39-27(18-22(3)4)32(44)37-24(7)31(43)38-25(8)34(46)47-26/h21-27,30H,11-20H2,1-10H3,(H,36,41)(H,37,44)(H,38,43)(H,39,45)(H,40,42)/t24-,25-,26?,27-,30?/m0/s1. The highest BCUT2D eigenvalue weighted by Gasteiger charge is 2.32. The topological polar surface area (TPSA) is 172 Å². The van der Waals surface area contributed by atoms with E-state index in [1.165, 1.54) is 26.7 Å². The van der Waals surface area contributed by atoms with Crippen LogP contribution in [0, 0.1) is 23.2 Å². The van der Waals surface area contributed by atoms with E-state index in [1.807, 2.05) is 13.8 Å². The molecule has 0 bridgehead atoms. The van der Waals surface area contributed by atoms with Crippen molar-refractivity contribution in [2.45, 2.75) is 157 Å². The van der Waals surface area contributed by atoms with Gasteiger partial charge in [0.25, 0.3) is 0 Å². The van der Waals surface area contributed by atoms with Gasteiger partial charge in [-0.05, 0) is 69.1 Å². The summed E-state index contributed by atoms with van der Waals surface area (Å²) in [7, 11) is 0. The van der Waals surface area contributed by atoms with E-state index in [4.69, 9.17) is 4.74 Å². The first-order chi connectivity index (χ1) is 21.8. The van der Waals surface area contributed by atoms with Gasteiger partial charge < -0.3 is 31.3 Å². The second kappa shape index (κ2) is 20.2. The molecular weight excluding hydrogens is 602 g/mol. The smallest absolute Gasteiger partial charge is 0.328 e. The van der Waals surface area contributed by atoms with E-state index >= 15 is 0 Å². The average molecular weight is 666 g/mol. The SMILES string of the molecule is CC(C)CCCCC(C)(C)CCCC1CC(=O)NCC(=O)NC(C(C)C)C(=O)N[C@@H](CC(C)C)C(=O)N[C@@H](C)C(=O)N[C@@H](C)C(=O)O1. The summed E-state index contributed by atoms with van der Waals surface area (Å²) in [5.41, 5.74) is 0.0881. The number of carbonyl (C=O) groups excluding carboxylic acids is 6. The Morgan fingerprint density at radius 3 is 1.94 bits per heavy atom. The lowest BCUT2D eigenvalue weighted by Crippen LogP contribution is -2.58. The minimum absolute atomic E-state index is 0.0302. The molecule has 1 aliphatic heterocycles. The summed E-state index contributed by atoms with van der Waals surface area (Å²) in [4.78, 5) is 78.2. The number of carbonyl (C=O) groups is 6. The quantitative estimate of drug-likeness (QED) is 0.157. The van der Waals surface area contributed by atoms with Crippen molar-refractivity contribution in [1.29, 1.82) is 0 Å². The molecule has 12 nitrogen and oxygen atoms in total. The maximum Gasteiger partial charge on any atom is 0.328 e. The predicted molar refractivity (Wildman–Crippen MR) is 182 cm³/mol. The van der Waals surface area contributed by atoms with Crippen molar-refractivity contribution in [2.24, 2.45) is 23.2 Å². The van der Waals surface area contributed by atoms with Crippen molar-refractivity contribution in [2.75, 3.05) is 6.54 Å². The minimum atomic E-state index is -1.05. The molecule has 0 aromatic carbocycles. The van der Waals surface area contributed by atoms with Crippen molar-refractivity contribution in [1.82, 2.24) is 26.6 Å². The lowest BCUT2D eigenvalue weighted by Gasteiger charge is -2.27. The van der Waals surface area contributed by atoms with Crippen LogP contribution >= 0.6 is 0 Å². The number of ether oxygens (including phenoxy) is 1. The molecule has 0 spiro atoms. The van der Waals surface area contributed by atoms with E-state index in [9.17, 15) is 28.8 Å². The van der Waals surface area contributed by atoms with E-state index in [1.54, 1.807) is 13.8 Å². The summed E-state index contributed by atoms with van der Waals surface area (Å²) in [6.45, 7) is 18.8. The first kappa shape index (κ1) is 41.8. The van der Waals surface area contributed by atoms with Crippen LogP contribution in [0.1, 0.15) is 127 Å². The Kier molecular flexibility index (Phi) is 18.0. The largest absolute Gasteiger partial charge is 0.460 e. The zero-order valence-corrected chi connectivity index (χ0v) is 30.5. The van der Waals surface area contributed by atoms with Crippen LogP contribution in [-0.2, 0) is 33.5 Å². The number of rotatable bonds is 12. The number of cyclic esters (lactones) is 1. The summed E-state index contributed by atoms with van der Waals surface area (Å²) in [5.74, 6) is -3.08. The summed E-state index contributed by atoms with van der Waals surface area (Å²) >= 11 is 0. The van der Waals surface area contributed by atoms with Gasteiger partial charge in [-0.3, -0.25) is 24.0 Å². The molecule has 5 atom stereocenters. The zero-order chi connectivity index (χ0) is 35.9. The van der Waals surface area contributed by atoms with Crippen LogP contribution in [0.4, 0.5) is 0 Å². The number of nitrogens with one attached hydrogen (secondary N) is 5. The van der Waals surface area contributed by atoms with Crippen molar-refractivity contribution < 1.29 is 33.5 Å². The molecule has 1 heterocycles. The lowest BCUT2D eigenvalue weighted by atomic mass is 9.81. The fraction of sp³-hybridized carbons (Fsp3) is 0.829. The first-order valence-corrected chi connectivity index (χ1v) is 17.5. The molecule has 270 valence electrons. The molecule has 5 amide bonds. The molecule has 1 saturated heterocycles. The van der Waals surface area contributed by atoms with Gasteiger partial charge in [0, 0.05) is 0 Å². The van der Waals surface area contributed by atoms with Crippen LogP contribution in [-0.4, -0.2) is 72.3 Å². The predicted octanol–water partition coefficient (Wildman–Crippen LogP) is 3.51. The van der Waals surface area contributed by atoms with Gasteiger partial charge in [-0.1, -0.05) is 74.7 Å². The Bertz CT molecular complexity index is 1060. The molecule has 5 N–H and O–H groups in total. The number of unbranched alkanes of at least 4 members (excludes halogenated alkanes) is 1. The Labute approximate surface area is 282 Å². The second-order valence-corrected chi connectivity index (χ2v) is 15.2. The fourth-order valence-corrected chi connectivity index (χ4v) is 5.52. The van der Waals surface area contributed by atoms with Crippen LogP contribution in [0.15, 0.2) is 0 Å². The number of hydrogen-bond donors (Lipinski definition) is 5. The molecule has 1 aliphatic rings. The van der Waals surface area contributed by atoms with Crippen molar-refractivity contribution in [3.63, 3.8) is 0 Å². The molecule has 12 heteroatoms. The van der Waals surface area contributed by atoms with Crippen LogP contribution < -0.4 is 26.6 Å². The summed E-state index contributed by atoms with van der Waals surface area (Å²) in [6.07, 6.45) is 5.99. The van der Waals surface area contributed by atoms with Gasteiger partial charge in [-0.15, -0.1) is 0 Å². The Morgan fingerprint density at radius 1 is 0.723 bits per heavy atom. The van der Waals surface area contributed by atoms with E-state index in [0.29, 0.717) is 18.8 Å². The maximum absolute atomic E-state index is 13.3. The van der Waals surface area contributed by atoms with Gasteiger partial charge in [0.2, 0.25) is 29.5 Å². The Balaban J connectivity index is 3.14. The molecule has 1 fully saturated rings. The van der Waals surface area contributed by atoms with Gasteiger partial charge in [0.05, 0.1) is 13.0 Å². The van der Waals surface area contributed by atoms with Crippen LogP contribution in [0.3, 0.4) is 0 Å². The molecule has 0 aromatic rings. The van der Waals surface area contributed by atoms with Gasteiger partial charge in [-0.25, -0.2) is 4.79 Å². The number of amides is 5. The second-order valence-electron chi connectivity index (χ2n) is 15.2. The molecular formula is C35H63N5O7. The van der Waals surface area contributed by atoms with Gasteiger partial charge in [-0.2, -0.15) is 0 Å². The number of hydrogen-bond acceptors (Lipinski definition) is 7. The van der Waals surface area contributed by atoms with Crippen LogP contribution in [0.2, 0.25) is 0 Å². The normalized spacial score (nSPS) is 24.8. The Hall–Kier alpha value is -3.18. The van der Waals surface area contributed by atoms with Crippen molar-refractivity contribution in [3.8, 4) is 0 Å². The molecule has 0 aliphatic carbocycles. The summed E-state index contributed by atoms with van der Waals surface area (Å²) in [5, 5.41) is 13.2. The number of esters is 1. The highest BCUT2D eigenvalue weighted by Crippen LogP contribution is 2.31. The first-order valence-electron chi connectivity index (χ1n) is 17.5. The van der Waals surface area contributed by atoms with Crippen LogP contribution in [0.25, 0.3) is 0 Å². The lowest BCUT2D eigenvalue weighted by molar-refractivity contribution is -0.154. The third-order valence-corrected chi connectivity index (χ3v) is 8.48. The molecule has 1 rings (SSSR count). The van der Waals surface area contributed by atoms with Crippen molar-refractivity contribution in [3.05, 3.63) is 0 Å². The van der Waals surface area contributed by atoms with E-state index in [2.05, 4.69) is 54.3 Å². The van der Waals surface area contributed by atoms with Crippen molar-refractivity contribution >= 4 is 35.5 Å². The average Bonchev–Trinajstić information content (AvgIpc) is 2.95. The third kappa shape index (κ3) is 17.0. The Morgan fingerprint density at radius 2 is 1.34 bits per heavy atom. The third-order valence-electron chi connectivity index (χ3n) is 8.48. The van der Waals surface area contributed by atoms with Gasteiger partial charge >= 0.3 is 5.97 Å². The van der Waals surface area contributed by atoms with E-state index in [0.717, 1.165) is 25.7 Å². The molecule has 2 unspecified atom stereocenters.